The molecule has 4 nitrogen and oxygen atoms in total. The molecule has 18 heavy (non-hydrogen) atoms. The molecule has 1 saturated heterocycles. The highest BCUT2D eigenvalue weighted by molar-refractivity contribution is 6.59. The van der Waals surface area contributed by atoms with Crippen LogP contribution in [0.1, 0.15) is 18.4 Å². The van der Waals surface area contributed by atoms with Crippen molar-refractivity contribution in [2.45, 2.75) is 19.4 Å². The van der Waals surface area contributed by atoms with Gasteiger partial charge in [0.05, 0.1) is 13.2 Å². The molecule has 0 amide bonds. The van der Waals surface area contributed by atoms with Gasteiger partial charge in [0.25, 0.3) is 0 Å². The van der Waals surface area contributed by atoms with Gasteiger partial charge in [-0.1, -0.05) is 24.3 Å². The normalized spacial score (nSPS) is 16.8. The van der Waals surface area contributed by atoms with Crippen LogP contribution in [0, 0.1) is 5.92 Å². The summed E-state index contributed by atoms with van der Waals surface area (Å²) < 4.78 is 11.0. The predicted octanol–water partition coefficient (Wildman–Crippen LogP) is 0.310. The summed E-state index contributed by atoms with van der Waals surface area (Å²) in [6.07, 6.45) is 2.09. The predicted molar refractivity (Wildman–Crippen MR) is 69.5 cm³/mol. The zero-order valence-electron chi connectivity index (χ0n) is 10.4. The van der Waals surface area contributed by atoms with Crippen LogP contribution in [0.25, 0.3) is 0 Å². The minimum atomic E-state index is -1.44. The highest BCUT2D eigenvalue weighted by Gasteiger charge is 2.17. The largest absolute Gasteiger partial charge is 0.488 e. The molecule has 0 saturated carbocycles. The third kappa shape index (κ3) is 3.81. The fourth-order valence-corrected chi connectivity index (χ4v) is 2.17. The van der Waals surface area contributed by atoms with Gasteiger partial charge in [-0.25, -0.2) is 0 Å². The van der Waals surface area contributed by atoms with Crippen LogP contribution in [-0.2, 0) is 16.1 Å². The lowest BCUT2D eigenvalue weighted by Gasteiger charge is -2.22. The highest BCUT2D eigenvalue weighted by atomic mass is 16.5. The van der Waals surface area contributed by atoms with Crippen molar-refractivity contribution in [1.82, 2.24) is 0 Å². The van der Waals surface area contributed by atoms with Gasteiger partial charge in [-0.15, -0.1) is 0 Å². The molecule has 0 radical (unpaired) electrons. The van der Waals surface area contributed by atoms with E-state index in [2.05, 4.69) is 0 Å². The van der Waals surface area contributed by atoms with Gasteiger partial charge in [-0.05, 0) is 29.8 Å². The average Bonchev–Trinajstić information content (AvgIpc) is 2.40. The molecule has 5 heteroatoms. The Hall–Kier alpha value is -0.875. The standard InChI is InChI=1S/C13H19BO4/c15-14(16)13-4-2-1-3-12(13)10-18-9-11-5-7-17-8-6-11/h1-4,11,15-16H,5-10H2. The summed E-state index contributed by atoms with van der Waals surface area (Å²) in [6, 6.07) is 7.23. The highest BCUT2D eigenvalue weighted by Crippen LogP contribution is 2.15. The van der Waals surface area contributed by atoms with Gasteiger partial charge in [0.1, 0.15) is 0 Å². The van der Waals surface area contributed by atoms with Crippen LogP contribution in [-0.4, -0.2) is 37.0 Å². The molecule has 0 bridgehead atoms. The smallest absolute Gasteiger partial charge is 0.423 e. The molecule has 0 spiro atoms. The van der Waals surface area contributed by atoms with Gasteiger partial charge >= 0.3 is 7.12 Å². The van der Waals surface area contributed by atoms with Crippen LogP contribution in [0.15, 0.2) is 24.3 Å². The molecule has 0 aromatic heterocycles. The van der Waals surface area contributed by atoms with Crippen LogP contribution in [0.3, 0.4) is 0 Å². The Labute approximate surface area is 108 Å². The van der Waals surface area contributed by atoms with Crippen LogP contribution < -0.4 is 5.46 Å². The summed E-state index contributed by atoms with van der Waals surface area (Å²) >= 11 is 0. The number of hydrogen-bond acceptors (Lipinski definition) is 4. The van der Waals surface area contributed by atoms with Gasteiger partial charge in [0.15, 0.2) is 0 Å². The zero-order valence-corrected chi connectivity index (χ0v) is 10.4. The number of benzene rings is 1. The van der Waals surface area contributed by atoms with E-state index in [0.29, 0.717) is 24.6 Å². The van der Waals surface area contributed by atoms with Crippen LogP contribution in [0.4, 0.5) is 0 Å². The lowest BCUT2D eigenvalue weighted by atomic mass is 9.77. The molecule has 1 fully saturated rings. The molecule has 0 atom stereocenters. The molecule has 1 aliphatic heterocycles. The van der Waals surface area contributed by atoms with E-state index in [0.717, 1.165) is 31.6 Å². The van der Waals surface area contributed by atoms with Gasteiger partial charge in [0.2, 0.25) is 0 Å². The van der Waals surface area contributed by atoms with Crippen molar-refractivity contribution in [2.24, 2.45) is 5.92 Å². The van der Waals surface area contributed by atoms with E-state index >= 15 is 0 Å². The topological polar surface area (TPSA) is 58.9 Å². The molecule has 98 valence electrons. The maximum absolute atomic E-state index is 9.24. The molecular formula is C13H19BO4. The number of ether oxygens (including phenoxy) is 2. The second-order valence-electron chi connectivity index (χ2n) is 4.64. The Morgan fingerprint density at radius 1 is 1.22 bits per heavy atom. The first-order chi connectivity index (χ1) is 8.77. The summed E-state index contributed by atoms with van der Waals surface area (Å²) in [6.45, 7) is 2.77. The number of rotatable bonds is 5. The maximum atomic E-state index is 9.24. The molecule has 2 rings (SSSR count). The number of hydrogen-bond donors (Lipinski definition) is 2. The average molecular weight is 250 g/mol. The second kappa shape index (κ2) is 6.90. The lowest BCUT2D eigenvalue weighted by Crippen LogP contribution is -2.33. The van der Waals surface area contributed by atoms with E-state index in [1.54, 1.807) is 12.1 Å². The monoisotopic (exact) mass is 250 g/mol. The third-order valence-corrected chi connectivity index (χ3v) is 3.29. The van der Waals surface area contributed by atoms with Crippen molar-refractivity contribution in [3.05, 3.63) is 29.8 Å². The van der Waals surface area contributed by atoms with E-state index in [1.165, 1.54) is 0 Å². The Kier molecular flexibility index (Phi) is 5.19. The lowest BCUT2D eigenvalue weighted by molar-refractivity contribution is 0.0159. The third-order valence-electron chi connectivity index (χ3n) is 3.29. The van der Waals surface area contributed by atoms with Crippen molar-refractivity contribution in [2.75, 3.05) is 19.8 Å². The first-order valence-electron chi connectivity index (χ1n) is 6.37. The molecular weight excluding hydrogens is 231 g/mol. The molecule has 1 heterocycles. The van der Waals surface area contributed by atoms with Crippen molar-refractivity contribution in [3.8, 4) is 0 Å². The Morgan fingerprint density at radius 3 is 2.67 bits per heavy atom. The van der Waals surface area contributed by atoms with Gasteiger partial charge < -0.3 is 19.5 Å². The van der Waals surface area contributed by atoms with Crippen molar-refractivity contribution < 1.29 is 19.5 Å². The van der Waals surface area contributed by atoms with E-state index in [4.69, 9.17) is 9.47 Å². The van der Waals surface area contributed by atoms with Crippen molar-refractivity contribution >= 4 is 12.6 Å². The fraction of sp³-hybridized carbons (Fsp3) is 0.538. The summed E-state index contributed by atoms with van der Waals surface area (Å²) in [5.41, 5.74) is 1.35. The van der Waals surface area contributed by atoms with Crippen LogP contribution in [0.5, 0.6) is 0 Å². The molecule has 0 aliphatic carbocycles. The molecule has 2 N–H and O–H groups in total. The maximum Gasteiger partial charge on any atom is 0.488 e. The van der Waals surface area contributed by atoms with Crippen LogP contribution >= 0.6 is 0 Å². The minimum absolute atomic E-state index is 0.422. The molecule has 1 aliphatic rings. The van der Waals surface area contributed by atoms with Crippen molar-refractivity contribution in [3.63, 3.8) is 0 Å². The summed E-state index contributed by atoms with van der Waals surface area (Å²) in [5, 5.41) is 18.5. The van der Waals surface area contributed by atoms with E-state index < -0.39 is 7.12 Å². The van der Waals surface area contributed by atoms with Gasteiger partial charge in [0, 0.05) is 13.2 Å². The van der Waals surface area contributed by atoms with E-state index in [1.807, 2.05) is 12.1 Å². The van der Waals surface area contributed by atoms with Crippen molar-refractivity contribution in [1.29, 1.82) is 0 Å². The van der Waals surface area contributed by atoms with E-state index in [9.17, 15) is 10.0 Å². The first kappa shape index (κ1) is 13.6. The SMILES string of the molecule is OB(O)c1ccccc1COCC1CCOCC1. The summed E-state index contributed by atoms with van der Waals surface area (Å²) in [5.74, 6) is 0.560. The fourth-order valence-electron chi connectivity index (χ4n) is 2.17. The summed E-state index contributed by atoms with van der Waals surface area (Å²) in [4.78, 5) is 0. The van der Waals surface area contributed by atoms with Gasteiger partial charge in [-0.3, -0.25) is 0 Å². The molecule has 0 unspecified atom stereocenters. The van der Waals surface area contributed by atoms with E-state index in [-0.39, 0.29) is 0 Å². The Morgan fingerprint density at radius 2 is 1.94 bits per heavy atom. The molecule has 1 aromatic carbocycles. The Balaban J connectivity index is 1.82. The van der Waals surface area contributed by atoms with Crippen LogP contribution in [0.2, 0.25) is 0 Å². The first-order valence-corrected chi connectivity index (χ1v) is 6.37. The quantitative estimate of drug-likeness (QED) is 0.738. The van der Waals surface area contributed by atoms with Gasteiger partial charge in [-0.2, -0.15) is 0 Å². The second-order valence-corrected chi connectivity index (χ2v) is 4.64. The Bertz CT molecular complexity index is 364. The zero-order chi connectivity index (χ0) is 12.8. The summed E-state index contributed by atoms with van der Waals surface area (Å²) in [7, 11) is -1.44. The minimum Gasteiger partial charge on any atom is -0.423 e. The molecule has 1 aromatic rings.